The molecule has 0 saturated carbocycles. The van der Waals surface area contributed by atoms with Gasteiger partial charge in [0.1, 0.15) is 11.5 Å². The summed E-state index contributed by atoms with van der Waals surface area (Å²) in [5.41, 5.74) is 1.67. The van der Waals surface area contributed by atoms with Crippen molar-refractivity contribution in [2.24, 2.45) is 0 Å². The number of halogens is 1. The predicted octanol–water partition coefficient (Wildman–Crippen LogP) is 3.56. The van der Waals surface area contributed by atoms with Gasteiger partial charge in [-0.15, -0.1) is 0 Å². The van der Waals surface area contributed by atoms with Crippen molar-refractivity contribution < 1.29 is 9.84 Å². The fourth-order valence-electron chi connectivity index (χ4n) is 2.27. The third-order valence-corrected chi connectivity index (χ3v) is 3.49. The Bertz CT molecular complexity index is 886. The molecule has 0 radical (unpaired) electrons. The summed E-state index contributed by atoms with van der Waals surface area (Å²) >= 11 is 5.97. The highest BCUT2D eigenvalue weighted by Crippen LogP contribution is 2.29. The van der Waals surface area contributed by atoms with Gasteiger partial charge < -0.3 is 14.8 Å². The number of hydrogen-bond donors (Lipinski definition) is 2. The first-order valence-corrected chi connectivity index (χ1v) is 6.66. The minimum absolute atomic E-state index is 0.108. The van der Waals surface area contributed by atoms with Gasteiger partial charge in [0.2, 0.25) is 0 Å². The molecule has 2 N–H and O–H groups in total. The van der Waals surface area contributed by atoms with Crippen LogP contribution >= 0.6 is 11.6 Å². The Hall–Kier alpha value is -2.46. The first kappa shape index (κ1) is 13.5. The molecule has 0 aliphatic carbocycles. The number of H-pyrrole nitrogens is 1. The number of pyridine rings is 1. The van der Waals surface area contributed by atoms with Crippen molar-refractivity contribution >= 4 is 22.5 Å². The summed E-state index contributed by atoms with van der Waals surface area (Å²) in [4.78, 5) is 15.4. The van der Waals surface area contributed by atoms with E-state index < -0.39 is 0 Å². The maximum absolute atomic E-state index is 12.2. The maximum Gasteiger partial charge on any atom is 0.193 e. The van der Waals surface area contributed by atoms with Crippen molar-refractivity contribution in [2.45, 2.75) is 0 Å². The van der Waals surface area contributed by atoms with Crippen molar-refractivity contribution in [3.8, 4) is 22.8 Å². The molecule has 0 bridgehead atoms. The summed E-state index contributed by atoms with van der Waals surface area (Å²) in [5, 5.41) is 10.8. The van der Waals surface area contributed by atoms with E-state index in [2.05, 4.69) is 4.98 Å². The van der Waals surface area contributed by atoms with Gasteiger partial charge in [0.25, 0.3) is 0 Å². The van der Waals surface area contributed by atoms with Crippen LogP contribution in [0.3, 0.4) is 0 Å². The summed E-state index contributed by atoms with van der Waals surface area (Å²) in [6, 6.07) is 11.7. The number of hydrogen-bond acceptors (Lipinski definition) is 3. The zero-order valence-electron chi connectivity index (χ0n) is 11.2. The van der Waals surface area contributed by atoms with Crippen molar-refractivity contribution in [2.75, 3.05) is 7.11 Å². The molecule has 4 nitrogen and oxygen atoms in total. The number of fused-ring (bicyclic) bond motifs is 1. The second kappa shape index (κ2) is 5.14. The zero-order chi connectivity index (χ0) is 15.0. The molecule has 5 heteroatoms. The molecule has 1 heterocycles. The van der Waals surface area contributed by atoms with Gasteiger partial charge in [-0.25, -0.2) is 0 Å². The van der Waals surface area contributed by atoms with Crippen LogP contribution in [-0.4, -0.2) is 17.2 Å². The standard InChI is InChI=1S/C16H12ClNO3/c1-21-11-6-13-16(14(19)7-11)15(20)8-12(18-13)9-3-2-4-10(17)5-9/h2-8,19H,1H3,(H,18,20). The molecule has 0 saturated heterocycles. The van der Waals surface area contributed by atoms with Crippen LogP contribution < -0.4 is 10.2 Å². The van der Waals surface area contributed by atoms with E-state index in [1.807, 2.05) is 12.1 Å². The Morgan fingerprint density at radius 3 is 2.71 bits per heavy atom. The molecule has 0 aliphatic rings. The van der Waals surface area contributed by atoms with Crippen LogP contribution in [0.2, 0.25) is 5.02 Å². The maximum atomic E-state index is 12.2. The number of aromatic hydroxyl groups is 1. The van der Waals surface area contributed by atoms with Crippen LogP contribution in [0.1, 0.15) is 0 Å². The Kier molecular flexibility index (Phi) is 3.31. The van der Waals surface area contributed by atoms with E-state index in [1.165, 1.54) is 19.2 Å². The molecular weight excluding hydrogens is 290 g/mol. The molecule has 21 heavy (non-hydrogen) atoms. The first-order chi connectivity index (χ1) is 10.1. The molecule has 3 aromatic rings. The van der Waals surface area contributed by atoms with E-state index in [0.717, 1.165) is 5.56 Å². The molecule has 0 spiro atoms. The van der Waals surface area contributed by atoms with E-state index in [1.54, 1.807) is 18.2 Å². The predicted molar refractivity (Wildman–Crippen MR) is 83.2 cm³/mol. The highest BCUT2D eigenvalue weighted by Gasteiger charge is 2.10. The van der Waals surface area contributed by atoms with Crippen molar-refractivity contribution in [1.82, 2.24) is 4.98 Å². The Balaban J connectivity index is 2.30. The quantitative estimate of drug-likeness (QED) is 0.760. The van der Waals surface area contributed by atoms with Crippen LogP contribution in [-0.2, 0) is 0 Å². The fourth-order valence-corrected chi connectivity index (χ4v) is 2.46. The summed E-state index contributed by atoms with van der Waals surface area (Å²) in [5.74, 6) is 0.363. The lowest BCUT2D eigenvalue weighted by Crippen LogP contribution is -2.03. The van der Waals surface area contributed by atoms with Gasteiger partial charge in [0.05, 0.1) is 18.0 Å². The smallest absolute Gasteiger partial charge is 0.193 e. The Morgan fingerprint density at radius 2 is 2.00 bits per heavy atom. The number of aromatic amines is 1. The Labute approximate surface area is 125 Å². The lowest BCUT2D eigenvalue weighted by molar-refractivity contribution is 0.409. The monoisotopic (exact) mass is 301 g/mol. The number of rotatable bonds is 2. The average molecular weight is 302 g/mol. The summed E-state index contributed by atoms with van der Waals surface area (Å²) in [7, 11) is 1.50. The largest absolute Gasteiger partial charge is 0.507 e. The topological polar surface area (TPSA) is 62.3 Å². The molecule has 0 fully saturated rings. The molecular formula is C16H12ClNO3. The van der Waals surface area contributed by atoms with Gasteiger partial charge in [0.15, 0.2) is 5.43 Å². The first-order valence-electron chi connectivity index (χ1n) is 6.28. The number of ether oxygens (including phenoxy) is 1. The summed E-state index contributed by atoms with van der Waals surface area (Å²) in [6.07, 6.45) is 0. The molecule has 3 rings (SSSR count). The fraction of sp³-hybridized carbons (Fsp3) is 0.0625. The van der Waals surface area contributed by atoms with Crippen molar-refractivity contribution in [3.63, 3.8) is 0 Å². The molecule has 2 aromatic carbocycles. The minimum Gasteiger partial charge on any atom is -0.507 e. The highest BCUT2D eigenvalue weighted by atomic mass is 35.5. The summed E-state index contributed by atoms with van der Waals surface area (Å²) in [6.45, 7) is 0. The molecule has 1 aromatic heterocycles. The lowest BCUT2D eigenvalue weighted by Gasteiger charge is -2.08. The van der Waals surface area contributed by atoms with Gasteiger partial charge in [-0.3, -0.25) is 4.79 Å². The van der Waals surface area contributed by atoms with Crippen LogP contribution in [0.4, 0.5) is 0 Å². The van der Waals surface area contributed by atoms with Crippen LogP contribution in [0, 0.1) is 0 Å². The number of methoxy groups -OCH3 is 1. The molecule has 0 unspecified atom stereocenters. The number of phenolic OH excluding ortho intramolecular Hbond substituents is 1. The highest BCUT2D eigenvalue weighted by molar-refractivity contribution is 6.30. The molecule has 0 amide bonds. The van der Waals surface area contributed by atoms with Gasteiger partial charge in [0, 0.05) is 28.9 Å². The average Bonchev–Trinajstić information content (AvgIpc) is 2.46. The minimum atomic E-state index is -0.265. The van der Waals surface area contributed by atoms with E-state index in [-0.39, 0.29) is 16.6 Å². The third-order valence-electron chi connectivity index (χ3n) is 3.25. The second-order valence-corrected chi connectivity index (χ2v) is 5.06. The third kappa shape index (κ3) is 2.45. The zero-order valence-corrected chi connectivity index (χ0v) is 11.9. The van der Waals surface area contributed by atoms with E-state index in [4.69, 9.17) is 16.3 Å². The number of aromatic nitrogens is 1. The molecule has 0 aliphatic heterocycles. The van der Waals surface area contributed by atoms with Crippen molar-refractivity contribution in [1.29, 1.82) is 0 Å². The Morgan fingerprint density at radius 1 is 1.19 bits per heavy atom. The SMILES string of the molecule is COc1cc(O)c2c(=O)cc(-c3cccc(Cl)c3)[nH]c2c1. The summed E-state index contributed by atoms with van der Waals surface area (Å²) < 4.78 is 5.10. The number of benzene rings is 2. The van der Waals surface area contributed by atoms with Gasteiger partial charge in [-0.2, -0.15) is 0 Å². The van der Waals surface area contributed by atoms with Gasteiger partial charge in [-0.05, 0) is 17.7 Å². The second-order valence-electron chi connectivity index (χ2n) is 4.63. The van der Waals surface area contributed by atoms with Gasteiger partial charge >= 0.3 is 0 Å². The van der Waals surface area contributed by atoms with Gasteiger partial charge in [-0.1, -0.05) is 23.7 Å². The van der Waals surface area contributed by atoms with Crippen LogP contribution in [0.25, 0.3) is 22.2 Å². The van der Waals surface area contributed by atoms with Crippen LogP contribution in [0.15, 0.2) is 47.3 Å². The lowest BCUT2D eigenvalue weighted by atomic mass is 10.1. The number of nitrogens with one attached hydrogen (secondary N) is 1. The van der Waals surface area contributed by atoms with E-state index in [9.17, 15) is 9.90 Å². The number of phenols is 1. The molecule has 106 valence electrons. The van der Waals surface area contributed by atoms with E-state index >= 15 is 0 Å². The normalized spacial score (nSPS) is 10.8. The van der Waals surface area contributed by atoms with Crippen LogP contribution in [0.5, 0.6) is 11.5 Å². The molecule has 0 atom stereocenters. The van der Waals surface area contributed by atoms with E-state index in [0.29, 0.717) is 22.0 Å². The van der Waals surface area contributed by atoms with Crippen molar-refractivity contribution in [3.05, 3.63) is 57.7 Å².